The van der Waals surface area contributed by atoms with Crippen LogP contribution in [0.2, 0.25) is 0 Å². The number of hydrogen-bond donors (Lipinski definition) is 1. The van der Waals surface area contributed by atoms with Crippen LogP contribution in [-0.2, 0) is 20.2 Å². The Labute approximate surface area is 114 Å². The van der Waals surface area contributed by atoms with E-state index < -0.39 is 0 Å². The van der Waals surface area contributed by atoms with E-state index in [1.807, 2.05) is 38.7 Å². The summed E-state index contributed by atoms with van der Waals surface area (Å²) in [4.78, 5) is 0. The molecule has 2 rings (SSSR count). The molecule has 102 valence electrons. The summed E-state index contributed by atoms with van der Waals surface area (Å²) in [6.45, 7) is 5.42. The van der Waals surface area contributed by atoms with E-state index in [0.29, 0.717) is 6.61 Å². The monoisotopic (exact) mass is 259 g/mol. The molecule has 0 spiro atoms. The Morgan fingerprint density at radius 2 is 1.89 bits per heavy atom. The van der Waals surface area contributed by atoms with Crippen molar-refractivity contribution in [1.29, 1.82) is 0 Å². The van der Waals surface area contributed by atoms with E-state index in [2.05, 4.69) is 28.6 Å². The van der Waals surface area contributed by atoms with Gasteiger partial charge >= 0.3 is 0 Å². The normalized spacial score (nSPS) is 10.7. The number of nitrogens with one attached hydrogen (secondary N) is 1. The van der Waals surface area contributed by atoms with Crippen LogP contribution in [0.1, 0.15) is 22.5 Å². The quantitative estimate of drug-likeness (QED) is 0.895. The van der Waals surface area contributed by atoms with Crippen LogP contribution in [0.15, 0.2) is 24.3 Å². The van der Waals surface area contributed by atoms with Crippen LogP contribution in [0, 0.1) is 13.8 Å². The summed E-state index contributed by atoms with van der Waals surface area (Å²) in [5, 5.41) is 7.54. The van der Waals surface area contributed by atoms with Crippen molar-refractivity contribution in [3.8, 4) is 5.75 Å². The fourth-order valence-electron chi connectivity index (χ4n) is 2.17. The SMILES string of the molecule is CNCc1ccccc1COc1c(C)nn(C)c1C. The van der Waals surface area contributed by atoms with Crippen molar-refractivity contribution in [3.05, 3.63) is 46.8 Å². The van der Waals surface area contributed by atoms with Crippen LogP contribution < -0.4 is 10.1 Å². The molecule has 1 heterocycles. The van der Waals surface area contributed by atoms with Crippen molar-refractivity contribution in [1.82, 2.24) is 15.1 Å². The molecular weight excluding hydrogens is 238 g/mol. The highest BCUT2D eigenvalue weighted by Gasteiger charge is 2.11. The highest BCUT2D eigenvalue weighted by molar-refractivity contribution is 5.33. The smallest absolute Gasteiger partial charge is 0.163 e. The Bertz CT molecular complexity index is 561. The first-order valence-electron chi connectivity index (χ1n) is 6.48. The fourth-order valence-corrected chi connectivity index (χ4v) is 2.17. The second kappa shape index (κ2) is 5.89. The Balaban J connectivity index is 2.14. The Kier molecular flexibility index (Phi) is 4.22. The lowest BCUT2D eigenvalue weighted by molar-refractivity contribution is 0.300. The number of hydrogen-bond acceptors (Lipinski definition) is 3. The van der Waals surface area contributed by atoms with Gasteiger partial charge in [0.2, 0.25) is 0 Å². The second-order valence-corrected chi connectivity index (χ2v) is 4.71. The topological polar surface area (TPSA) is 39.1 Å². The zero-order chi connectivity index (χ0) is 13.8. The first kappa shape index (κ1) is 13.6. The van der Waals surface area contributed by atoms with E-state index in [9.17, 15) is 0 Å². The minimum absolute atomic E-state index is 0.575. The molecule has 1 N–H and O–H groups in total. The summed E-state index contributed by atoms with van der Waals surface area (Å²) >= 11 is 0. The number of aryl methyl sites for hydroxylation is 2. The van der Waals surface area contributed by atoms with Gasteiger partial charge in [0, 0.05) is 13.6 Å². The molecule has 0 radical (unpaired) electrons. The number of ether oxygens (including phenoxy) is 1. The predicted octanol–water partition coefficient (Wildman–Crippen LogP) is 2.34. The van der Waals surface area contributed by atoms with Gasteiger partial charge in [0.25, 0.3) is 0 Å². The van der Waals surface area contributed by atoms with Crippen molar-refractivity contribution in [2.24, 2.45) is 7.05 Å². The molecule has 0 saturated heterocycles. The number of benzene rings is 1. The zero-order valence-corrected chi connectivity index (χ0v) is 12.0. The summed E-state index contributed by atoms with van der Waals surface area (Å²) in [6, 6.07) is 8.32. The van der Waals surface area contributed by atoms with Crippen molar-refractivity contribution in [2.75, 3.05) is 7.05 Å². The lowest BCUT2D eigenvalue weighted by atomic mass is 10.1. The Morgan fingerprint density at radius 1 is 1.21 bits per heavy atom. The maximum absolute atomic E-state index is 5.95. The van der Waals surface area contributed by atoms with Gasteiger partial charge in [-0.25, -0.2) is 0 Å². The van der Waals surface area contributed by atoms with Crippen molar-refractivity contribution >= 4 is 0 Å². The third-order valence-corrected chi connectivity index (χ3v) is 3.30. The van der Waals surface area contributed by atoms with Gasteiger partial charge in [-0.3, -0.25) is 4.68 Å². The molecule has 1 aromatic carbocycles. The number of nitrogens with zero attached hydrogens (tertiary/aromatic N) is 2. The number of rotatable bonds is 5. The van der Waals surface area contributed by atoms with E-state index >= 15 is 0 Å². The summed E-state index contributed by atoms with van der Waals surface area (Å²) in [5.41, 5.74) is 4.47. The van der Waals surface area contributed by atoms with E-state index in [4.69, 9.17) is 4.74 Å². The molecule has 0 saturated carbocycles. The predicted molar refractivity (Wildman–Crippen MR) is 76.2 cm³/mol. The standard InChI is InChI=1S/C15H21N3O/c1-11-15(12(2)18(4)17-11)19-10-14-8-6-5-7-13(14)9-16-3/h5-8,16H,9-10H2,1-4H3. The van der Waals surface area contributed by atoms with Crippen LogP contribution in [-0.4, -0.2) is 16.8 Å². The van der Waals surface area contributed by atoms with Crippen LogP contribution in [0.25, 0.3) is 0 Å². The molecule has 19 heavy (non-hydrogen) atoms. The van der Waals surface area contributed by atoms with E-state index in [0.717, 1.165) is 23.7 Å². The van der Waals surface area contributed by atoms with Crippen LogP contribution in [0.4, 0.5) is 0 Å². The molecule has 0 atom stereocenters. The summed E-state index contributed by atoms with van der Waals surface area (Å²) in [7, 11) is 3.89. The van der Waals surface area contributed by atoms with Gasteiger partial charge < -0.3 is 10.1 Å². The third kappa shape index (κ3) is 2.96. The summed E-state index contributed by atoms with van der Waals surface area (Å²) in [5.74, 6) is 0.891. The average molecular weight is 259 g/mol. The van der Waals surface area contributed by atoms with Gasteiger partial charge in [0.05, 0.1) is 5.69 Å². The molecule has 4 heteroatoms. The van der Waals surface area contributed by atoms with Crippen molar-refractivity contribution in [2.45, 2.75) is 27.0 Å². The van der Waals surface area contributed by atoms with Gasteiger partial charge in [-0.15, -0.1) is 0 Å². The Morgan fingerprint density at radius 3 is 2.47 bits per heavy atom. The molecule has 0 aliphatic heterocycles. The van der Waals surface area contributed by atoms with Gasteiger partial charge in [-0.05, 0) is 32.0 Å². The molecule has 0 unspecified atom stereocenters. The lowest BCUT2D eigenvalue weighted by Crippen LogP contribution is -2.09. The van der Waals surface area contributed by atoms with Gasteiger partial charge in [0.15, 0.2) is 5.75 Å². The summed E-state index contributed by atoms with van der Waals surface area (Å²) in [6.07, 6.45) is 0. The second-order valence-electron chi connectivity index (χ2n) is 4.71. The Hall–Kier alpha value is -1.81. The molecule has 0 aliphatic rings. The van der Waals surface area contributed by atoms with Gasteiger partial charge in [-0.1, -0.05) is 24.3 Å². The molecule has 0 amide bonds. The molecule has 1 aromatic heterocycles. The van der Waals surface area contributed by atoms with Crippen LogP contribution in [0.3, 0.4) is 0 Å². The molecule has 0 aliphatic carbocycles. The fraction of sp³-hybridized carbons (Fsp3) is 0.400. The van der Waals surface area contributed by atoms with Crippen LogP contribution in [0.5, 0.6) is 5.75 Å². The van der Waals surface area contributed by atoms with E-state index in [1.165, 1.54) is 11.1 Å². The number of aromatic nitrogens is 2. The molecule has 4 nitrogen and oxygen atoms in total. The molecule has 0 fully saturated rings. The maximum atomic E-state index is 5.95. The van der Waals surface area contributed by atoms with Crippen LogP contribution >= 0.6 is 0 Å². The highest BCUT2D eigenvalue weighted by atomic mass is 16.5. The molecule has 2 aromatic rings. The molecule has 0 bridgehead atoms. The lowest BCUT2D eigenvalue weighted by Gasteiger charge is -2.11. The summed E-state index contributed by atoms with van der Waals surface area (Å²) < 4.78 is 7.80. The largest absolute Gasteiger partial charge is 0.485 e. The van der Waals surface area contributed by atoms with Gasteiger partial charge in [0.1, 0.15) is 12.3 Å². The molecular formula is C15H21N3O. The average Bonchev–Trinajstić information content (AvgIpc) is 2.63. The maximum Gasteiger partial charge on any atom is 0.163 e. The van der Waals surface area contributed by atoms with Crippen molar-refractivity contribution < 1.29 is 4.74 Å². The minimum Gasteiger partial charge on any atom is -0.485 e. The van der Waals surface area contributed by atoms with Gasteiger partial charge in [-0.2, -0.15) is 5.10 Å². The van der Waals surface area contributed by atoms with E-state index in [-0.39, 0.29) is 0 Å². The first-order valence-corrected chi connectivity index (χ1v) is 6.48. The van der Waals surface area contributed by atoms with Crippen molar-refractivity contribution in [3.63, 3.8) is 0 Å². The third-order valence-electron chi connectivity index (χ3n) is 3.30. The van der Waals surface area contributed by atoms with E-state index in [1.54, 1.807) is 0 Å². The first-order chi connectivity index (χ1) is 9.13. The highest BCUT2D eigenvalue weighted by Crippen LogP contribution is 2.23. The minimum atomic E-state index is 0.575. The zero-order valence-electron chi connectivity index (χ0n) is 12.0.